The maximum atomic E-state index is 5.58. The van der Waals surface area contributed by atoms with Crippen molar-refractivity contribution in [3.63, 3.8) is 0 Å². The van der Waals surface area contributed by atoms with Gasteiger partial charge >= 0.3 is 0 Å². The van der Waals surface area contributed by atoms with Crippen LogP contribution in [0.5, 0.6) is 5.75 Å². The highest BCUT2D eigenvalue weighted by molar-refractivity contribution is 6.18. The van der Waals surface area contributed by atoms with Crippen molar-refractivity contribution in [1.82, 2.24) is 0 Å². The maximum Gasteiger partial charge on any atom is 0.122 e. The highest BCUT2D eigenvalue weighted by Crippen LogP contribution is 2.27. The van der Waals surface area contributed by atoms with Crippen molar-refractivity contribution < 1.29 is 4.74 Å². The molecule has 0 saturated heterocycles. The molecule has 0 bridgehead atoms. The molecule has 0 amide bonds. The molecule has 0 unspecified atom stereocenters. The van der Waals surface area contributed by atoms with Crippen molar-refractivity contribution in [3.05, 3.63) is 29.3 Å². The van der Waals surface area contributed by atoms with Crippen LogP contribution in [0.15, 0.2) is 18.2 Å². The molecule has 0 aliphatic rings. The van der Waals surface area contributed by atoms with Gasteiger partial charge in [-0.2, -0.15) is 0 Å². The van der Waals surface area contributed by atoms with Crippen molar-refractivity contribution in [1.29, 1.82) is 0 Å². The fourth-order valence-electron chi connectivity index (χ4n) is 1.43. The summed E-state index contributed by atoms with van der Waals surface area (Å²) < 4.78 is 5.52. The molecule has 1 rings (SSSR count). The molecular formula is C13H19ClO. The van der Waals surface area contributed by atoms with Crippen LogP contribution in [0, 0.1) is 6.92 Å². The second-order valence-corrected chi connectivity index (χ2v) is 5.15. The standard InChI is InChI=1S/C13H19ClO/c1-10-9-11(13(2,3)4)5-6-12(10)15-8-7-14/h5-6,9H,7-8H2,1-4H3. The van der Waals surface area contributed by atoms with Gasteiger partial charge in [0.15, 0.2) is 0 Å². The van der Waals surface area contributed by atoms with E-state index in [4.69, 9.17) is 16.3 Å². The fraction of sp³-hybridized carbons (Fsp3) is 0.538. The van der Waals surface area contributed by atoms with E-state index in [1.54, 1.807) is 0 Å². The van der Waals surface area contributed by atoms with Gasteiger partial charge in [-0.25, -0.2) is 0 Å². The van der Waals surface area contributed by atoms with Crippen molar-refractivity contribution in [3.8, 4) is 5.75 Å². The molecule has 1 aromatic rings. The minimum absolute atomic E-state index is 0.190. The molecule has 0 N–H and O–H groups in total. The first kappa shape index (κ1) is 12.4. The van der Waals surface area contributed by atoms with Crippen molar-refractivity contribution >= 4 is 11.6 Å². The molecular weight excluding hydrogens is 208 g/mol. The second kappa shape index (κ2) is 4.89. The lowest BCUT2D eigenvalue weighted by Gasteiger charge is -2.20. The number of aryl methyl sites for hydroxylation is 1. The summed E-state index contributed by atoms with van der Waals surface area (Å²) in [5.74, 6) is 1.46. The third kappa shape index (κ3) is 3.42. The third-order valence-corrected chi connectivity index (χ3v) is 2.53. The normalized spacial score (nSPS) is 11.5. The summed E-state index contributed by atoms with van der Waals surface area (Å²) in [4.78, 5) is 0. The zero-order valence-electron chi connectivity index (χ0n) is 9.93. The minimum atomic E-state index is 0.190. The van der Waals surface area contributed by atoms with Gasteiger partial charge in [0.2, 0.25) is 0 Å². The van der Waals surface area contributed by atoms with Crippen LogP contribution in [0.3, 0.4) is 0 Å². The van der Waals surface area contributed by atoms with Crippen LogP contribution >= 0.6 is 11.6 Å². The van der Waals surface area contributed by atoms with Gasteiger partial charge in [-0.1, -0.05) is 32.9 Å². The fourth-order valence-corrected chi connectivity index (χ4v) is 1.50. The molecule has 1 nitrogen and oxygen atoms in total. The van der Waals surface area contributed by atoms with E-state index in [9.17, 15) is 0 Å². The molecule has 2 heteroatoms. The predicted octanol–water partition coefficient (Wildman–Crippen LogP) is 3.91. The van der Waals surface area contributed by atoms with Crippen LogP contribution in [0.2, 0.25) is 0 Å². The topological polar surface area (TPSA) is 9.23 Å². The Morgan fingerprint density at radius 3 is 2.40 bits per heavy atom. The number of rotatable bonds is 3. The minimum Gasteiger partial charge on any atom is -0.492 e. The van der Waals surface area contributed by atoms with Crippen molar-refractivity contribution in [2.75, 3.05) is 12.5 Å². The lowest BCUT2D eigenvalue weighted by atomic mass is 9.86. The molecule has 0 aliphatic heterocycles. The monoisotopic (exact) mass is 226 g/mol. The molecule has 0 heterocycles. The summed E-state index contributed by atoms with van der Waals surface area (Å²) in [7, 11) is 0. The maximum absolute atomic E-state index is 5.58. The quantitative estimate of drug-likeness (QED) is 0.711. The van der Waals surface area contributed by atoms with E-state index < -0.39 is 0 Å². The van der Waals surface area contributed by atoms with Gasteiger partial charge in [0.1, 0.15) is 12.4 Å². The Labute approximate surface area is 97.4 Å². The second-order valence-electron chi connectivity index (χ2n) is 4.77. The van der Waals surface area contributed by atoms with Crippen LogP contribution in [-0.4, -0.2) is 12.5 Å². The lowest BCUT2D eigenvalue weighted by molar-refractivity contribution is 0.340. The molecule has 1 aromatic carbocycles. The molecule has 0 aromatic heterocycles. The van der Waals surface area contributed by atoms with E-state index in [1.807, 2.05) is 6.07 Å². The summed E-state index contributed by atoms with van der Waals surface area (Å²) in [5, 5.41) is 0. The zero-order chi connectivity index (χ0) is 11.5. The summed E-state index contributed by atoms with van der Waals surface area (Å²) in [6.07, 6.45) is 0. The van der Waals surface area contributed by atoms with E-state index in [1.165, 1.54) is 11.1 Å². The first-order chi connectivity index (χ1) is 6.95. The van der Waals surface area contributed by atoms with Crippen molar-refractivity contribution in [2.45, 2.75) is 33.1 Å². The summed E-state index contributed by atoms with van der Waals surface area (Å²) in [5.41, 5.74) is 2.70. The van der Waals surface area contributed by atoms with E-state index >= 15 is 0 Å². The van der Waals surface area contributed by atoms with Crippen LogP contribution in [-0.2, 0) is 5.41 Å². The molecule has 0 saturated carbocycles. The van der Waals surface area contributed by atoms with E-state index in [0.29, 0.717) is 12.5 Å². The van der Waals surface area contributed by atoms with Gasteiger partial charge in [0.05, 0.1) is 5.88 Å². The van der Waals surface area contributed by atoms with Crippen molar-refractivity contribution in [2.24, 2.45) is 0 Å². The van der Waals surface area contributed by atoms with E-state index in [0.717, 1.165) is 5.75 Å². The Morgan fingerprint density at radius 1 is 1.27 bits per heavy atom. The molecule has 0 aliphatic carbocycles. The summed E-state index contributed by atoms with van der Waals surface area (Å²) in [6, 6.07) is 6.34. The molecule has 84 valence electrons. The summed E-state index contributed by atoms with van der Waals surface area (Å²) >= 11 is 5.58. The molecule has 0 spiro atoms. The Kier molecular flexibility index (Phi) is 4.04. The largest absolute Gasteiger partial charge is 0.492 e. The van der Waals surface area contributed by atoms with Gasteiger partial charge in [0.25, 0.3) is 0 Å². The number of alkyl halides is 1. The Hall–Kier alpha value is -0.690. The Morgan fingerprint density at radius 2 is 1.93 bits per heavy atom. The highest BCUT2D eigenvalue weighted by Gasteiger charge is 2.14. The number of hydrogen-bond acceptors (Lipinski definition) is 1. The zero-order valence-corrected chi connectivity index (χ0v) is 10.7. The Bertz CT molecular complexity index is 326. The highest BCUT2D eigenvalue weighted by atomic mass is 35.5. The average Bonchev–Trinajstić information content (AvgIpc) is 2.14. The smallest absolute Gasteiger partial charge is 0.122 e. The molecule has 15 heavy (non-hydrogen) atoms. The van der Waals surface area contributed by atoms with Crippen LogP contribution in [0.4, 0.5) is 0 Å². The average molecular weight is 227 g/mol. The van der Waals surface area contributed by atoms with Gasteiger partial charge in [0, 0.05) is 0 Å². The predicted molar refractivity (Wildman–Crippen MR) is 66.1 cm³/mol. The third-order valence-electron chi connectivity index (χ3n) is 2.38. The number of hydrogen-bond donors (Lipinski definition) is 0. The van der Waals surface area contributed by atoms with Gasteiger partial charge in [-0.05, 0) is 29.5 Å². The number of benzene rings is 1. The SMILES string of the molecule is Cc1cc(C(C)(C)C)ccc1OCCCl. The van der Waals surface area contributed by atoms with Crippen LogP contribution in [0.1, 0.15) is 31.9 Å². The van der Waals surface area contributed by atoms with E-state index in [-0.39, 0.29) is 5.41 Å². The Balaban J connectivity index is 2.88. The molecule has 0 radical (unpaired) electrons. The van der Waals surface area contributed by atoms with E-state index in [2.05, 4.69) is 39.8 Å². The summed E-state index contributed by atoms with van der Waals surface area (Å²) in [6.45, 7) is 9.26. The molecule has 0 atom stereocenters. The van der Waals surface area contributed by atoms with Crippen LogP contribution in [0.25, 0.3) is 0 Å². The van der Waals surface area contributed by atoms with Gasteiger partial charge in [-0.15, -0.1) is 11.6 Å². The van der Waals surface area contributed by atoms with Crippen LogP contribution < -0.4 is 4.74 Å². The van der Waals surface area contributed by atoms with Gasteiger partial charge in [-0.3, -0.25) is 0 Å². The van der Waals surface area contributed by atoms with Gasteiger partial charge < -0.3 is 4.74 Å². The lowest BCUT2D eigenvalue weighted by Crippen LogP contribution is -2.11. The first-order valence-corrected chi connectivity index (χ1v) is 5.78. The number of halogens is 1. The number of ether oxygens (including phenoxy) is 1. The molecule has 0 fully saturated rings. The first-order valence-electron chi connectivity index (χ1n) is 5.25.